The molecule has 118 valence electrons. The van der Waals surface area contributed by atoms with Gasteiger partial charge in [-0.3, -0.25) is 4.79 Å². The van der Waals surface area contributed by atoms with Crippen molar-refractivity contribution in [1.82, 2.24) is 9.88 Å². The molecule has 1 aromatic carbocycles. The van der Waals surface area contributed by atoms with Gasteiger partial charge in [0.25, 0.3) is 0 Å². The molecule has 1 aromatic heterocycles. The van der Waals surface area contributed by atoms with Crippen molar-refractivity contribution in [3.8, 4) is 0 Å². The molecule has 9 heteroatoms. The van der Waals surface area contributed by atoms with Crippen molar-refractivity contribution in [2.24, 2.45) is 0 Å². The maximum atomic E-state index is 12.0. The molecule has 2 rings (SSSR count). The van der Waals surface area contributed by atoms with Gasteiger partial charge in [-0.25, -0.2) is 13.1 Å². The Hall–Kier alpha value is -1.90. The van der Waals surface area contributed by atoms with Gasteiger partial charge in [-0.2, -0.15) is 0 Å². The number of aryl methyl sites for hydroxylation is 1. The normalized spacial score (nSPS) is 11.4. The summed E-state index contributed by atoms with van der Waals surface area (Å²) in [6.07, 6.45) is -0.0290. The smallest absolute Gasteiger partial charge is 0.240 e. The standard InChI is InChI=1S/C13H14ClN3O4S/c1-9-8-12(17-21-9)16-13(18)6-7-15-22(19,20)11-4-2-10(14)3-5-11/h2-5,8,15H,6-7H2,1H3,(H,16,17,18). The predicted molar refractivity (Wildman–Crippen MR) is 81.1 cm³/mol. The number of carbonyl (C=O) groups is 1. The Kier molecular flexibility index (Phi) is 5.17. The van der Waals surface area contributed by atoms with Gasteiger partial charge in [-0.1, -0.05) is 16.8 Å². The number of aromatic nitrogens is 1. The van der Waals surface area contributed by atoms with Crippen LogP contribution in [0.5, 0.6) is 0 Å². The zero-order valence-electron chi connectivity index (χ0n) is 11.7. The Morgan fingerprint density at radius 3 is 2.59 bits per heavy atom. The summed E-state index contributed by atoms with van der Waals surface area (Å²) < 4.78 is 31.1. The van der Waals surface area contributed by atoms with E-state index in [2.05, 4.69) is 15.2 Å². The minimum absolute atomic E-state index is 0.0290. The molecule has 7 nitrogen and oxygen atoms in total. The maximum absolute atomic E-state index is 12.0. The van der Waals surface area contributed by atoms with Crippen LogP contribution in [0.2, 0.25) is 5.02 Å². The summed E-state index contributed by atoms with van der Waals surface area (Å²) >= 11 is 5.70. The van der Waals surface area contributed by atoms with E-state index in [4.69, 9.17) is 16.1 Å². The van der Waals surface area contributed by atoms with Crippen LogP contribution < -0.4 is 10.0 Å². The van der Waals surface area contributed by atoms with Gasteiger partial charge < -0.3 is 9.84 Å². The average Bonchev–Trinajstić information content (AvgIpc) is 2.84. The van der Waals surface area contributed by atoms with Gasteiger partial charge in [-0.15, -0.1) is 0 Å². The van der Waals surface area contributed by atoms with Crippen molar-refractivity contribution < 1.29 is 17.7 Å². The van der Waals surface area contributed by atoms with E-state index in [9.17, 15) is 13.2 Å². The summed E-state index contributed by atoms with van der Waals surface area (Å²) in [5, 5.41) is 6.56. The number of nitrogens with one attached hydrogen (secondary N) is 2. The Bertz CT molecular complexity index is 756. The summed E-state index contributed by atoms with van der Waals surface area (Å²) in [5.74, 6) is 0.494. The lowest BCUT2D eigenvalue weighted by atomic mass is 10.4. The number of amides is 1. The van der Waals surface area contributed by atoms with Gasteiger partial charge in [0.2, 0.25) is 15.9 Å². The van der Waals surface area contributed by atoms with Crippen LogP contribution >= 0.6 is 11.6 Å². The van der Waals surface area contributed by atoms with Crippen LogP contribution in [0.1, 0.15) is 12.2 Å². The lowest BCUT2D eigenvalue weighted by Crippen LogP contribution is -2.27. The van der Waals surface area contributed by atoms with E-state index in [0.717, 1.165) is 0 Å². The SMILES string of the molecule is Cc1cc(NC(=O)CCNS(=O)(=O)c2ccc(Cl)cc2)no1. The van der Waals surface area contributed by atoms with E-state index in [-0.39, 0.29) is 23.8 Å². The number of halogens is 1. The van der Waals surface area contributed by atoms with E-state index < -0.39 is 10.0 Å². The third kappa shape index (κ3) is 4.55. The maximum Gasteiger partial charge on any atom is 0.240 e. The molecule has 0 aliphatic carbocycles. The van der Waals surface area contributed by atoms with Crippen molar-refractivity contribution in [3.05, 3.63) is 41.1 Å². The van der Waals surface area contributed by atoms with Crippen LogP contribution in [-0.2, 0) is 14.8 Å². The summed E-state index contributed by atoms with van der Waals surface area (Å²) in [4.78, 5) is 11.7. The third-order valence-electron chi connectivity index (χ3n) is 2.66. The van der Waals surface area contributed by atoms with Gasteiger partial charge in [-0.05, 0) is 31.2 Å². The zero-order chi connectivity index (χ0) is 16.2. The molecule has 1 amide bonds. The fraction of sp³-hybridized carbons (Fsp3) is 0.231. The molecule has 0 aliphatic heterocycles. The van der Waals surface area contributed by atoms with Gasteiger partial charge in [0.1, 0.15) is 5.76 Å². The van der Waals surface area contributed by atoms with Crippen LogP contribution in [0.4, 0.5) is 5.82 Å². The average molecular weight is 344 g/mol. The number of anilines is 1. The Labute approximate surface area is 132 Å². The van der Waals surface area contributed by atoms with E-state index in [1.165, 1.54) is 24.3 Å². The number of sulfonamides is 1. The fourth-order valence-corrected chi connectivity index (χ4v) is 2.78. The van der Waals surface area contributed by atoms with Gasteiger partial charge in [0.15, 0.2) is 5.82 Å². The second-order valence-corrected chi connectivity index (χ2v) is 6.68. The summed E-state index contributed by atoms with van der Waals surface area (Å²) in [5.41, 5.74) is 0. The summed E-state index contributed by atoms with van der Waals surface area (Å²) in [7, 11) is -3.66. The van der Waals surface area contributed by atoms with E-state index in [1.807, 2.05) is 0 Å². The van der Waals surface area contributed by atoms with Crippen LogP contribution in [0.3, 0.4) is 0 Å². The molecule has 0 atom stereocenters. The Balaban J connectivity index is 1.84. The Morgan fingerprint density at radius 1 is 1.32 bits per heavy atom. The molecule has 0 fully saturated rings. The molecular formula is C13H14ClN3O4S. The van der Waals surface area contributed by atoms with Crippen molar-refractivity contribution in [1.29, 1.82) is 0 Å². The van der Waals surface area contributed by atoms with Crippen LogP contribution in [0, 0.1) is 6.92 Å². The lowest BCUT2D eigenvalue weighted by Gasteiger charge is -2.06. The zero-order valence-corrected chi connectivity index (χ0v) is 13.2. The predicted octanol–water partition coefficient (Wildman–Crippen LogP) is 1.94. The van der Waals surface area contributed by atoms with Crippen molar-refractivity contribution >= 4 is 33.3 Å². The highest BCUT2D eigenvalue weighted by Gasteiger charge is 2.14. The van der Waals surface area contributed by atoms with Gasteiger partial charge in [0, 0.05) is 24.1 Å². The molecule has 2 N–H and O–H groups in total. The third-order valence-corrected chi connectivity index (χ3v) is 4.39. The highest BCUT2D eigenvalue weighted by atomic mass is 35.5. The topological polar surface area (TPSA) is 101 Å². The molecule has 0 aliphatic rings. The Morgan fingerprint density at radius 2 is 2.00 bits per heavy atom. The van der Waals surface area contributed by atoms with Crippen LogP contribution in [-0.4, -0.2) is 26.0 Å². The monoisotopic (exact) mass is 343 g/mol. The minimum Gasteiger partial charge on any atom is -0.360 e. The van der Waals surface area contributed by atoms with Gasteiger partial charge in [0.05, 0.1) is 4.90 Å². The molecule has 0 radical (unpaired) electrons. The second-order valence-electron chi connectivity index (χ2n) is 4.47. The van der Waals surface area contributed by atoms with E-state index in [1.54, 1.807) is 13.0 Å². The number of benzene rings is 1. The summed E-state index contributed by atoms with van der Waals surface area (Å²) in [6, 6.07) is 7.31. The molecule has 0 bridgehead atoms. The molecule has 0 unspecified atom stereocenters. The van der Waals surface area contributed by atoms with E-state index in [0.29, 0.717) is 16.6 Å². The highest BCUT2D eigenvalue weighted by molar-refractivity contribution is 7.89. The first-order chi connectivity index (χ1) is 10.4. The molecular weight excluding hydrogens is 330 g/mol. The minimum atomic E-state index is -3.66. The number of hydrogen-bond donors (Lipinski definition) is 2. The summed E-state index contributed by atoms with van der Waals surface area (Å²) in [6.45, 7) is 1.66. The number of hydrogen-bond acceptors (Lipinski definition) is 5. The highest BCUT2D eigenvalue weighted by Crippen LogP contribution is 2.13. The molecule has 0 saturated heterocycles. The number of nitrogens with zero attached hydrogens (tertiary/aromatic N) is 1. The number of rotatable bonds is 6. The first-order valence-corrected chi connectivity index (χ1v) is 8.21. The van der Waals surface area contributed by atoms with Crippen LogP contribution in [0.25, 0.3) is 0 Å². The van der Waals surface area contributed by atoms with Crippen LogP contribution in [0.15, 0.2) is 39.8 Å². The molecule has 1 heterocycles. The largest absolute Gasteiger partial charge is 0.360 e. The van der Waals surface area contributed by atoms with Crippen molar-refractivity contribution in [3.63, 3.8) is 0 Å². The molecule has 0 spiro atoms. The molecule has 0 saturated carbocycles. The van der Waals surface area contributed by atoms with Crippen molar-refractivity contribution in [2.75, 3.05) is 11.9 Å². The fourth-order valence-electron chi connectivity index (χ4n) is 1.63. The molecule has 22 heavy (non-hydrogen) atoms. The quantitative estimate of drug-likeness (QED) is 0.834. The molecule has 2 aromatic rings. The number of carbonyl (C=O) groups excluding carboxylic acids is 1. The first-order valence-electron chi connectivity index (χ1n) is 6.35. The van der Waals surface area contributed by atoms with Crippen molar-refractivity contribution in [2.45, 2.75) is 18.2 Å². The van der Waals surface area contributed by atoms with Gasteiger partial charge >= 0.3 is 0 Å². The van der Waals surface area contributed by atoms with E-state index >= 15 is 0 Å². The second kappa shape index (κ2) is 6.91. The lowest BCUT2D eigenvalue weighted by molar-refractivity contribution is -0.116. The first kappa shape index (κ1) is 16.5.